The lowest BCUT2D eigenvalue weighted by Crippen LogP contribution is -2.39. The summed E-state index contributed by atoms with van der Waals surface area (Å²) in [5.41, 5.74) is 3.80. The van der Waals surface area contributed by atoms with E-state index in [0.717, 1.165) is 42.7 Å². The van der Waals surface area contributed by atoms with Crippen LogP contribution >= 0.6 is 0 Å². The first-order valence-electron chi connectivity index (χ1n) is 13.3. The van der Waals surface area contributed by atoms with Crippen molar-refractivity contribution in [1.29, 1.82) is 0 Å². The van der Waals surface area contributed by atoms with Gasteiger partial charge in [-0.05, 0) is 75.8 Å². The van der Waals surface area contributed by atoms with Crippen LogP contribution in [0.2, 0.25) is 0 Å². The molecule has 0 aliphatic carbocycles. The van der Waals surface area contributed by atoms with E-state index in [2.05, 4.69) is 28.7 Å². The predicted molar refractivity (Wildman–Crippen MR) is 149 cm³/mol. The van der Waals surface area contributed by atoms with E-state index in [1.54, 1.807) is 24.5 Å². The molecule has 1 aliphatic rings. The van der Waals surface area contributed by atoms with E-state index in [4.69, 9.17) is 9.47 Å². The summed E-state index contributed by atoms with van der Waals surface area (Å²) >= 11 is 0. The Balaban J connectivity index is 1.72. The van der Waals surface area contributed by atoms with Gasteiger partial charge in [0.25, 0.3) is 0 Å². The molecule has 0 amide bonds. The molecule has 2 aromatic heterocycles. The summed E-state index contributed by atoms with van der Waals surface area (Å²) in [7, 11) is 0. The van der Waals surface area contributed by atoms with Crippen molar-refractivity contribution in [3.63, 3.8) is 0 Å². The fourth-order valence-electron chi connectivity index (χ4n) is 4.74. The molecule has 0 radical (unpaired) electrons. The highest BCUT2D eigenvalue weighted by atomic mass is 19.1. The van der Waals surface area contributed by atoms with E-state index in [9.17, 15) is 14.3 Å². The fraction of sp³-hybridized carbons (Fsp3) is 0.452. The lowest BCUT2D eigenvalue weighted by molar-refractivity contribution is -0.160. The Morgan fingerprint density at radius 1 is 1.08 bits per heavy atom. The second-order valence-corrected chi connectivity index (χ2v) is 11.9. The van der Waals surface area contributed by atoms with Crippen LogP contribution in [0.25, 0.3) is 11.3 Å². The van der Waals surface area contributed by atoms with Crippen LogP contribution in [0.1, 0.15) is 70.4 Å². The van der Waals surface area contributed by atoms with Crippen LogP contribution in [-0.2, 0) is 16.1 Å². The number of nitrogens with zero attached hydrogens (tertiary/aromatic N) is 3. The minimum Gasteiger partial charge on any atom is -0.487 e. The van der Waals surface area contributed by atoms with Gasteiger partial charge in [0.2, 0.25) is 0 Å². The number of anilines is 1. The van der Waals surface area contributed by atoms with Crippen LogP contribution < -0.4 is 9.64 Å². The Morgan fingerprint density at radius 2 is 1.74 bits per heavy atom. The number of benzene rings is 1. The Labute approximate surface area is 230 Å². The van der Waals surface area contributed by atoms with E-state index in [1.807, 2.05) is 39.8 Å². The lowest BCUT2D eigenvalue weighted by Gasteiger charge is -2.40. The van der Waals surface area contributed by atoms with E-state index < -0.39 is 17.7 Å². The van der Waals surface area contributed by atoms with Crippen LogP contribution in [0.5, 0.6) is 5.75 Å². The van der Waals surface area contributed by atoms with Crippen LogP contribution in [0.4, 0.5) is 10.1 Å². The van der Waals surface area contributed by atoms with E-state index in [-0.39, 0.29) is 17.8 Å². The summed E-state index contributed by atoms with van der Waals surface area (Å²) in [5, 5.41) is 10.3. The maximum absolute atomic E-state index is 13.2. The molecule has 7 nitrogen and oxygen atoms in total. The molecule has 208 valence electrons. The molecule has 0 bridgehead atoms. The summed E-state index contributed by atoms with van der Waals surface area (Å²) < 4.78 is 25.1. The topological polar surface area (TPSA) is 84.8 Å². The molecular formula is C31H38FN3O4. The lowest BCUT2D eigenvalue weighted by atomic mass is 9.82. The Hall–Kier alpha value is -3.52. The minimum atomic E-state index is -1.18. The maximum atomic E-state index is 13.2. The molecule has 3 heterocycles. The van der Waals surface area contributed by atoms with Crippen molar-refractivity contribution in [3.8, 4) is 17.0 Å². The molecule has 8 heteroatoms. The summed E-state index contributed by atoms with van der Waals surface area (Å²) in [6.07, 6.45) is 4.19. The van der Waals surface area contributed by atoms with Gasteiger partial charge in [-0.3, -0.25) is 9.97 Å². The van der Waals surface area contributed by atoms with Gasteiger partial charge in [-0.15, -0.1) is 0 Å². The molecule has 39 heavy (non-hydrogen) atoms. The van der Waals surface area contributed by atoms with Gasteiger partial charge in [0.1, 0.15) is 18.2 Å². The van der Waals surface area contributed by atoms with Crippen LogP contribution in [-0.4, -0.2) is 39.7 Å². The molecule has 1 saturated heterocycles. The zero-order valence-corrected chi connectivity index (χ0v) is 23.6. The van der Waals surface area contributed by atoms with Crippen LogP contribution in [0, 0.1) is 18.2 Å². The monoisotopic (exact) mass is 535 g/mol. The second-order valence-electron chi connectivity index (χ2n) is 11.9. The first kappa shape index (κ1) is 28.5. The Kier molecular flexibility index (Phi) is 8.25. The highest BCUT2D eigenvalue weighted by Crippen LogP contribution is 2.43. The summed E-state index contributed by atoms with van der Waals surface area (Å²) in [6.45, 7) is 13.8. The fourth-order valence-corrected chi connectivity index (χ4v) is 4.74. The second kappa shape index (κ2) is 11.3. The largest absolute Gasteiger partial charge is 0.487 e. The number of aryl methyl sites for hydroxylation is 1. The minimum absolute atomic E-state index is 0.217. The van der Waals surface area contributed by atoms with Crippen LogP contribution in [0.15, 0.2) is 48.8 Å². The SMILES string of the molecule is Cc1ncc(-c2ccc(OCc3ccc(F)cc3)cn2)c(N2CCC(C)(C)CC2)c1C(OC(C)(C)C)C(=O)O. The quantitative estimate of drug-likeness (QED) is 0.342. The average Bonchev–Trinajstić information content (AvgIpc) is 2.87. The number of hydrogen-bond donors (Lipinski definition) is 1. The Bertz CT molecular complexity index is 1290. The van der Waals surface area contributed by atoms with Crippen molar-refractivity contribution in [3.05, 3.63) is 71.4 Å². The molecule has 1 unspecified atom stereocenters. The molecule has 0 spiro atoms. The van der Waals surface area contributed by atoms with E-state index in [0.29, 0.717) is 22.7 Å². The molecule has 1 aliphatic heterocycles. The van der Waals surface area contributed by atoms with Gasteiger partial charge >= 0.3 is 5.97 Å². The van der Waals surface area contributed by atoms with Crippen molar-refractivity contribution >= 4 is 11.7 Å². The van der Waals surface area contributed by atoms with Gasteiger partial charge in [-0.1, -0.05) is 26.0 Å². The van der Waals surface area contributed by atoms with Gasteiger partial charge in [0.05, 0.1) is 23.2 Å². The number of hydrogen-bond acceptors (Lipinski definition) is 6. The maximum Gasteiger partial charge on any atom is 0.337 e. The number of pyridine rings is 2. The molecule has 1 aromatic carbocycles. The summed E-state index contributed by atoms with van der Waals surface area (Å²) in [5.74, 6) is -0.769. The first-order chi connectivity index (χ1) is 18.3. The average molecular weight is 536 g/mol. The molecular weight excluding hydrogens is 497 g/mol. The number of carboxylic acids is 1. The number of rotatable bonds is 8. The third-order valence-electron chi connectivity index (χ3n) is 7.01. The van der Waals surface area contributed by atoms with Crippen molar-refractivity contribution in [2.45, 2.75) is 72.7 Å². The number of aromatic nitrogens is 2. The third kappa shape index (κ3) is 7.12. The summed E-state index contributed by atoms with van der Waals surface area (Å²) in [4.78, 5) is 24.1. The third-order valence-corrected chi connectivity index (χ3v) is 7.01. The zero-order valence-electron chi connectivity index (χ0n) is 23.6. The number of aliphatic carboxylic acids is 1. The van der Waals surface area contributed by atoms with Gasteiger partial charge < -0.3 is 19.5 Å². The number of carboxylic acid groups (broad SMARTS) is 1. The molecule has 1 N–H and O–H groups in total. The van der Waals surface area contributed by atoms with Crippen LogP contribution in [0.3, 0.4) is 0 Å². The van der Waals surface area contributed by atoms with Gasteiger partial charge in [-0.2, -0.15) is 0 Å². The van der Waals surface area contributed by atoms with E-state index in [1.165, 1.54) is 12.1 Å². The first-order valence-corrected chi connectivity index (χ1v) is 13.3. The molecule has 1 fully saturated rings. The molecule has 0 saturated carbocycles. The van der Waals surface area contributed by atoms with Gasteiger partial charge in [-0.25, -0.2) is 9.18 Å². The summed E-state index contributed by atoms with van der Waals surface area (Å²) in [6, 6.07) is 9.85. The van der Waals surface area contributed by atoms with Crippen molar-refractivity contribution in [2.24, 2.45) is 5.41 Å². The normalized spacial score (nSPS) is 16.1. The molecule has 1 atom stereocenters. The number of halogens is 1. The van der Waals surface area contributed by atoms with E-state index >= 15 is 0 Å². The van der Waals surface area contributed by atoms with Gasteiger partial charge in [0.15, 0.2) is 6.10 Å². The highest BCUT2D eigenvalue weighted by molar-refractivity contribution is 5.85. The van der Waals surface area contributed by atoms with Crippen molar-refractivity contribution in [1.82, 2.24) is 9.97 Å². The van der Waals surface area contributed by atoms with Gasteiger partial charge in [0, 0.05) is 36.1 Å². The van der Waals surface area contributed by atoms with Crippen molar-refractivity contribution < 1.29 is 23.8 Å². The number of carbonyl (C=O) groups is 1. The number of ether oxygens (including phenoxy) is 2. The zero-order chi connectivity index (χ0) is 28.4. The predicted octanol–water partition coefficient (Wildman–Crippen LogP) is 6.74. The molecule has 4 rings (SSSR count). The standard InChI is InChI=1S/C31H38FN3O4/c1-20-26(28(29(36)37)39-30(2,3)4)27(35-15-13-31(5,6)14-16-35)24(18-33-20)25-12-11-23(17-34-25)38-19-21-7-9-22(32)10-8-21/h7-12,17-18,28H,13-16,19H2,1-6H3,(H,36,37). The smallest absolute Gasteiger partial charge is 0.337 e. The molecule has 3 aromatic rings. The number of piperidine rings is 1. The van der Waals surface area contributed by atoms with Crippen molar-refractivity contribution in [2.75, 3.05) is 18.0 Å². The highest BCUT2D eigenvalue weighted by Gasteiger charge is 2.36. The Morgan fingerprint density at radius 3 is 2.31 bits per heavy atom.